The van der Waals surface area contributed by atoms with Crippen LogP contribution in [0.1, 0.15) is 12.6 Å². The molecule has 2 heterocycles. The summed E-state index contributed by atoms with van der Waals surface area (Å²) in [6, 6.07) is 0. The van der Waals surface area contributed by atoms with Gasteiger partial charge < -0.3 is 22.1 Å². The first-order valence-electron chi connectivity index (χ1n) is 4.71. The van der Waals surface area contributed by atoms with E-state index in [0.29, 0.717) is 17.3 Å². The fourth-order valence-corrected chi connectivity index (χ4v) is 1.48. The minimum atomic E-state index is -0.990. The molecule has 0 saturated carbocycles. The van der Waals surface area contributed by atoms with Crippen molar-refractivity contribution in [1.29, 1.82) is 0 Å². The normalized spacial score (nSPS) is 23.1. The zero-order valence-electron chi connectivity index (χ0n) is 9.07. The van der Waals surface area contributed by atoms with Crippen LogP contribution in [0.4, 0.5) is 17.5 Å². The van der Waals surface area contributed by atoms with Crippen molar-refractivity contribution in [3.05, 3.63) is 5.69 Å². The highest BCUT2D eigenvalue weighted by atomic mass is 15.3. The van der Waals surface area contributed by atoms with Crippen LogP contribution in [-0.2, 0) is 0 Å². The maximum absolute atomic E-state index is 5.82. The van der Waals surface area contributed by atoms with Gasteiger partial charge in [-0.3, -0.25) is 5.73 Å². The minimum absolute atomic E-state index is 0.240. The number of nitrogen functional groups attached to an aromatic ring is 1. The monoisotopic (exact) mass is 222 g/mol. The van der Waals surface area contributed by atoms with Gasteiger partial charge in [-0.2, -0.15) is 4.98 Å². The van der Waals surface area contributed by atoms with Crippen LogP contribution in [0.3, 0.4) is 0 Å². The molecule has 8 N–H and O–H groups in total. The molecule has 0 aromatic carbocycles. The van der Waals surface area contributed by atoms with E-state index in [2.05, 4.69) is 25.6 Å². The van der Waals surface area contributed by atoms with Crippen molar-refractivity contribution in [3.63, 3.8) is 0 Å². The summed E-state index contributed by atoms with van der Waals surface area (Å²) in [5.41, 5.74) is 18.3. The van der Waals surface area contributed by atoms with Gasteiger partial charge in [0.15, 0.2) is 17.4 Å². The summed E-state index contributed by atoms with van der Waals surface area (Å²) in [6.45, 7) is 1.67. The molecule has 0 amide bonds. The smallest absolute Gasteiger partial charge is 0.225 e. The van der Waals surface area contributed by atoms with Crippen LogP contribution in [0.2, 0.25) is 0 Å². The summed E-state index contributed by atoms with van der Waals surface area (Å²) in [7, 11) is 1.69. The molecule has 1 aliphatic heterocycles. The average molecular weight is 222 g/mol. The number of fused-ring (bicyclic) bond motifs is 1. The summed E-state index contributed by atoms with van der Waals surface area (Å²) < 4.78 is 0. The minimum Gasteiger partial charge on any atom is -0.382 e. The Balaban J connectivity index is 2.61. The summed E-state index contributed by atoms with van der Waals surface area (Å²) in [5, 5.41) is 5.71. The van der Waals surface area contributed by atoms with Crippen molar-refractivity contribution >= 4 is 23.3 Å². The van der Waals surface area contributed by atoms with Gasteiger partial charge in [0.05, 0.1) is 0 Å². The Morgan fingerprint density at radius 1 is 1.31 bits per heavy atom. The summed E-state index contributed by atoms with van der Waals surface area (Å²) in [4.78, 5) is 12.3. The van der Waals surface area contributed by atoms with Gasteiger partial charge in [0.1, 0.15) is 11.4 Å². The first-order valence-corrected chi connectivity index (χ1v) is 4.71. The highest BCUT2D eigenvalue weighted by molar-refractivity contribution is 6.04. The van der Waals surface area contributed by atoms with Gasteiger partial charge in [0, 0.05) is 7.05 Å². The largest absolute Gasteiger partial charge is 0.382 e. The summed E-state index contributed by atoms with van der Waals surface area (Å²) >= 11 is 0. The second kappa shape index (κ2) is 3.20. The molecule has 0 spiro atoms. The number of aromatic nitrogens is 2. The van der Waals surface area contributed by atoms with Crippen molar-refractivity contribution in [3.8, 4) is 0 Å². The molecule has 1 unspecified atom stereocenters. The van der Waals surface area contributed by atoms with E-state index >= 15 is 0 Å². The average Bonchev–Trinajstić information content (AvgIpc) is 2.18. The number of hydrogen-bond acceptors (Lipinski definition) is 8. The number of hydrogen-bond donors (Lipinski definition) is 5. The Morgan fingerprint density at radius 3 is 2.62 bits per heavy atom. The second-order valence-corrected chi connectivity index (χ2v) is 3.68. The van der Waals surface area contributed by atoms with Gasteiger partial charge in [-0.1, -0.05) is 0 Å². The lowest BCUT2D eigenvalue weighted by molar-refractivity contribution is 0.561. The lowest BCUT2D eigenvalue weighted by Gasteiger charge is -2.29. The maximum Gasteiger partial charge on any atom is 0.225 e. The Morgan fingerprint density at radius 2 is 2.00 bits per heavy atom. The van der Waals surface area contributed by atoms with Crippen molar-refractivity contribution in [2.45, 2.75) is 12.7 Å². The SMILES string of the molecule is CNc1nc(N)c2c(n1)C(N)=NC(C)(N)N2. The molecule has 1 atom stereocenters. The summed E-state index contributed by atoms with van der Waals surface area (Å²) in [6.07, 6.45) is 0. The van der Waals surface area contributed by atoms with Crippen LogP contribution in [0.5, 0.6) is 0 Å². The van der Waals surface area contributed by atoms with Crippen LogP contribution < -0.4 is 27.8 Å². The molecule has 16 heavy (non-hydrogen) atoms. The third-order valence-corrected chi connectivity index (χ3v) is 2.13. The van der Waals surface area contributed by atoms with E-state index in [1.807, 2.05) is 0 Å². The fourth-order valence-electron chi connectivity index (χ4n) is 1.48. The number of nitrogens with one attached hydrogen (secondary N) is 2. The third-order valence-electron chi connectivity index (χ3n) is 2.13. The molecule has 0 fully saturated rings. The molecule has 0 aliphatic carbocycles. The molecular weight excluding hydrogens is 208 g/mol. The molecule has 8 heteroatoms. The molecule has 0 bridgehead atoms. The first kappa shape index (κ1) is 10.4. The molecule has 1 aromatic heterocycles. The van der Waals surface area contributed by atoms with Crippen molar-refractivity contribution < 1.29 is 0 Å². The van der Waals surface area contributed by atoms with E-state index in [0.717, 1.165) is 0 Å². The first-order chi connectivity index (χ1) is 7.43. The number of nitrogens with two attached hydrogens (primary N) is 3. The fraction of sp³-hybridized carbons (Fsp3) is 0.375. The van der Waals surface area contributed by atoms with Crippen molar-refractivity contribution in [1.82, 2.24) is 9.97 Å². The van der Waals surface area contributed by atoms with Gasteiger partial charge in [-0.15, -0.1) is 0 Å². The lowest BCUT2D eigenvalue weighted by Crippen LogP contribution is -2.48. The van der Waals surface area contributed by atoms with Crippen LogP contribution in [0.25, 0.3) is 0 Å². The van der Waals surface area contributed by atoms with E-state index in [1.54, 1.807) is 14.0 Å². The van der Waals surface area contributed by atoms with Crippen LogP contribution in [0, 0.1) is 0 Å². The Kier molecular flexibility index (Phi) is 2.09. The number of aliphatic imine (C=N–C) groups is 1. The molecule has 1 aromatic rings. The Bertz CT molecular complexity index is 463. The van der Waals surface area contributed by atoms with E-state index in [4.69, 9.17) is 17.2 Å². The maximum atomic E-state index is 5.82. The van der Waals surface area contributed by atoms with Crippen molar-refractivity contribution in [2.24, 2.45) is 16.5 Å². The molecular formula is C8H14N8. The lowest BCUT2D eigenvalue weighted by atomic mass is 10.2. The second-order valence-electron chi connectivity index (χ2n) is 3.68. The van der Waals surface area contributed by atoms with E-state index in [-0.39, 0.29) is 11.7 Å². The number of amidine groups is 1. The molecule has 0 saturated heterocycles. The van der Waals surface area contributed by atoms with Gasteiger partial charge in [-0.05, 0) is 6.92 Å². The third kappa shape index (κ3) is 1.58. The molecule has 2 rings (SSSR count). The van der Waals surface area contributed by atoms with Crippen LogP contribution in [-0.4, -0.2) is 28.6 Å². The number of anilines is 3. The van der Waals surface area contributed by atoms with Gasteiger partial charge in [0.2, 0.25) is 5.95 Å². The highest BCUT2D eigenvalue weighted by Gasteiger charge is 2.28. The predicted octanol–water partition coefficient (Wildman–Crippen LogP) is -1.14. The zero-order valence-corrected chi connectivity index (χ0v) is 9.07. The van der Waals surface area contributed by atoms with E-state index in [1.165, 1.54) is 0 Å². The van der Waals surface area contributed by atoms with Gasteiger partial charge >= 0.3 is 0 Å². The Hall–Kier alpha value is -2.09. The zero-order chi connectivity index (χ0) is 11.9. The molecule has 0 radical (unpaired) electrons. The Labute approximate surface area is 92.3 Å². The summed E-state index contributed by atoms with van der Waals surface area (Å²) in [5.74, 6) is -0.0829. The topological polar surface area (TPSA) is 140 Å². The van der Waals surface area contributed by atoms with Crippen LogP contribution in [0.15, 0.2) is 4.99 Å². The number of rotatable bonds is 1. The van der Waals surface area contributed by atoms with E-state index < -0.39 is 5.79 Å². The van der Waals surface area contributed by atoms with Crippen LogP contribution >= 0.6 is 0 Å². The van der Waals surface area contributed by atoms with Gasteiger partial charge in [0.25, 0.3) is 0 Å². The predicted molar refractivity (Wildman–Crippen MR) is 62.9 cm³/mol. The van der Waals surface area contributed by atoms with E-state index in [9.17, 15) is 0 Å². The standard InChI is InChI=1S/C8H14N8/c1-8(11)15-4-3(6(10)16-8)13-7(12-2)14-5(4)9/h15H,11H2,1-2H3,(H2,10,16)(H3,9,12,13,14). The molecule has 1 aliphatic rings. The molecule has 8 nitrogen and oxygen atoms in total. The van der Waals surface area contributed by atoms with Crippen molar-refractivity contribution in [2.75, 3.05) is 23.4 Å². The quantitative estimate of drug-likeness (QED) is 0.404. The number of nitrogens with zero attached hydrogens (tertiary/aromatic N) is 3. The molecule has 86 valence electrons. The highest BCUT2D eigenvalue weighted by Crippen LogP contribution is 2.27. The van der Waals surface area contributed by atoms with Gasteiger partial charge in [-0.25, -0.2) is 9.98 Å².